The Morgan fingerprint density at radius 3 is 3.05 bits per heavy atom. The van der Waals surface area contributed by atoms with E-state index in [0.29, 0.717) is 0 Å². The molecule has 1 aromatic rings. The van der Waals surface area contributed by atoms with Gasteiger partial charge in [-0.25, -0.2) is 0 Å². The Morgan fingerprint density at radius 2 is 2.32 bits per heavy atom. The van der Waals surface area contributed by atoms with E-state index in [9.17, 15) is 0 Å². The Kier molecular flexibility index (Phi) is 5.23. The van der Waals surface area contributed by atoms with Gasteiger partial charge in [0.2, 0.25) is 0 Å². The molecule has 3 nitrogen and oxygen atoms in total. The maximum atomic E-state index is 5.66. The van der Waals surface area contributed by atoms with Gasteiger partial charge in [-0.3, -0.25) is 0 Å². The van der Waals surface area contributed by atoms with Gasteiger partial charge in [-0.05, 0) is 43.9 Å². The molecule has 1 fully saturated rings. The average molecular weight is 263 g/mol. The molecule has 1 N–H and O–H groups in total. The van der Waals surface area contributed by atoms with Crippen LogP contribution in [0.3, 0.4) is 0 Å². The van der Waals surface area contributed by atoms with E-state index in [1.807, 2.05) is 6.07 Å². The summed E-state index contributed by atoms with van der Waals surface area (Å²) in [6.45, 7) is 7.71. The molecule has 0 bridgehead atoms. The molecule has 1 unspecified atom stereocenters. The Hall–Kier alpha value is -1.06. The molecule has 0 radical (unpaired) electrons. The molecule has 1 atom stereocenters. The van der Waals surface area contributed by atoms with Crippen LogP contribution in [-0.2, 0) is 11.3 Å². The van der Waals surface area contributed by atoms with Gasteiger partial charge in [0.15, 0.2) is 0 Å². The average Bonchev–Trinajstić information content (AvgIpc) is 2.44. The number of hydrogen-bond acceptors (Lipinski definition) is 3. The first-order chi connectivity index (χ1) is 9.22. The van der Waals surface area contributed by atoms with E-state index in [1.165, 1.54) is 12.0 Å². The van der Waals surface area contributed by atoms with Crippen molar-refractivity contribution >= 4 is 0 Å². The Labute approximate surface area is 116 Å². The zero-order valence-electron chi connectivity index (χ0n) is 12.1. The third-order valence-electron chi connectivity index (χ3n) is 3.53. The molecule has 2 rings (SSSR count). The van der Waals surface area contributed by atoms with Crippen LogP contribution in [0.2, 0.25) is 0 Å². The van der Waals surface area contributed by atoms with Crippen molar-refractivity contribution in [2.75, 3.05) is 19.8 Å². The number of rotatable bonds is 6. The second-order valence-corrected chi connectivity index (χ2v) is 5.57. The van der Waals surface area contributed by atoms with Gasteiger partial charge in [0.25, 0.3) is 0 Å². The van der Waals surface area contributed by atoms with Crippen molar-refractivity contribution in [2.24, 2.45) is 0 Å². The van der Waals surface area contributed by atoms with Gasteiger partial charge in [-0.1, -0.05) is 19.1 Å². The van der Waals surface area contributed by atoms with E-state index in [2.05, 4.69) is 37.4 Å². The zero-order valence-corrected chi connectivity index (χ0v) is 12.1. The molecule has 1 aliphatic rings. The second kappa shape index (κ2) is 6.92. The summed E-state index contributed by atoms with van der Waals surface area (Å²) in [4.78, 5) is 0. The number of benzene rings is 1. The minimum absolute atomic E-state index is 0.110. The maximum Gasteiger partial charge on any atom is 0.119 e. The summed E-state index contributed by atoms with van der Waals surface area (Å²) < 4.78 is 11.2. The molecule has 0 aromatic heterocycles. The predicted octanol–water partition coefficient (Wildman–Crippen LogP) is 3.13. The highest BCUT2D eigenvalue weighted by Gasteiger charge is 2.26. The normalized spacial score (nSPS) is 23.3. The Morgan fingerprint density at radius 1 is 1.42 bits per heavy atom. The monoisotopic (exact) mass is 263 g/mol. The first-order valence-electron chi connectivity index (χ1n) is 7.26. The van der Waals surface area contributed by atoms with Crippen LogP contribution >= 0.6 is 0 Å². The molecule has 0 saturated carbocycles. The minimum atomic E-state index is 0.110. The molecule has 106 valence electrons. The molecule has 0 spiro atoms. The fourth-order valence-electron chi connectivity index (χ4n) is 2.35. The molecular formula is C16H25NO2. The summed E-state index contributed by atoms with van der Waals surface area (Å²) in [5.74, 6) is 0.964. The van der Waals surface area contributed by atoms with Crippen molar-refractivity contribution in [1.82, 2.24) is 5.32 Å². The van der Waals surface area contributed by atoms with E-state index in [0.717, 1.165) is 45.0 Å². The van der Waals surface area contributed by atoms with Crippen LogP contribution in [0.5, 0.6) is 5.75 Å². The molecule has 0 aliphatic carbocycles. The van der Waals surface area contributed by atoms with E-state index >= 15 is 0 Å². The van der Waals surface area contributed by atoms with Crippen LogP contribution in [0.15, 0.2) is 24.3 Å². The Balaban J connectivity index is 1.88. The molecule has 3 heteroatoms. The van der Waals surface area contributed by atoms with Crippen molar-refractivity contribution in [3.05, 3.63) is 29.8 Å². The van der Waals surface area contributed by atoms with Gasteiger partial charge in [0, 0.05) is 18.7 Å². The lowest BCUT2D eigenvalue weighted by molar-refractivity contribution is 0.0278. The molecule has 1 aliphatic heterocycles. The molecule has 0 amide bonds. The third-order valence-corrected chi connectivity index (χ3v) is 3.53. The van der Waals surface area contributed by atoms with Gasteiger partial charge in [0.1, 0.15) is 5.75 Å². The summed E-state index contributed by atoms with van der Waals surface area (Å²) in [5.41, 5.74) is 1.37. The Bertz CT molecular complexity index is 386. The van der Waals surface area contributed by atoms with E-state index in [1.54, 1.807) is 0 Å². The summed E-state index contributed by atoms with van der Waals surface area (Å²) >= 11 is 0. The predicted molar refractivity (Wildman–Crippen MR) is 77.5 cm³/mol. The summed E-state index contributed by atoms with van der Waals surface area (Å²) in [6.07, 6.45) is 3.36. The lowest BCUT2D eigenvalue weighted by Gasteiger charge is -2.34. The van der Waals surface area contributed by atoms with E-state index < -0.39 is 0 Å². The molecule has 1 heterocycles. The topological polar surface area (TPSA) is 30.5 Å². The van der Waals surface area contributed by atoms with Crippen LogP contribution < -0.4 is 10.1 Å². The number of nitrogens with one attached hydrogen (secondary N) is 1. The highest BCUT2D eigenvalue weighted by Crippen LogP contribution is 2.20. The third kappa shape index (κ3) is 4.51. The van der Waals surface area contributed by atoms with Crippen molar-refractivity contribution < 1.29 is 9.47 Å². The van der Waals surface area contributed by atoms with Gasteiger partial charge in [0.05, 0.1) is 13.2 Å². The molecule has 1 aromatic carbocycles. The lowest BCUT2D eigenvalue weighted by atomic mass is 9.94. The SMILES string of the molecule is CCCOc1cccc(CNC2(C)CCCOC2)c1. The van der Waals surface area contributed by atoms with Crippen molar-refractivity contribution in [2.45, 2.75) is 45.2 Å². The first-order valence-corrected chi connectivity index (χ1v) is 7.26. The standard InChI is InChI=1S/C16H25NO2/c1-3-9-19-15-7-4-6-14(11-15)12-17-16(2)8-5-10-18-13-16/h4,6-7,11,17H,3,5,8-10,12-13H2,1-2H3. The van der Waals surface area contributed by atoms with Crippen LogP contribution in [0.1, 0.15) is 38.7 Å². The molecule has 19 heavy (non-hydrogen) atoms. The van der Waals surface area contributed by atoms with Crippen LogP contribution in [-0.4, -0.2) is 25.4 Å². The van der Waals surface area contributed by atoms with Crippen molar-refractivity contribution in [3.8, 4) is 5.75 Å². The van der Waals surface area contributed by atoms with Crippen molar-refractivity contribution in [1.29, 1.82) is 0 Å². The van der Waals surface area contributed by atoms with Crippen LogP contribution in [0, 0.1) is 0 Å². The summed E-state index contributed by atoms with van der Waals surface area (Å²) in [5, 5.41) is 3.62. The lowest BCUT2D eigenvalue weighted by Crippen LogP contribution is -2.48. The summed E-state index contributed by atoms with van der Waals surface area (Å²) in [6, 6.07) is 8.33. The first kappa shape index (κ1) is 14.4. The zero-order chi connectivity index (χ0) is 13.6. The van der Waals surface area contributed by atoms with Crippen LogP contribution in [0.25, 0.3) is 0 Å². The highest BCUT2D eigenvalue weighted by atomic mass is 16.5. The van der Waals surface area contributed by atoms with Gasteiger partial charge >= 0.3 is 0 Å². The van der Waals surface area contributed by atoms with E-state index in [-0.39, 0.29) is 5.54 Å². The second-order valence-electron chi connectivity index (χ2n) is 5.57. The smallest absolute Gasteiger partial charge is 0.119 e. The summed E-state index contributed by atoms with van der Waals surface area (Å²) in [7, 11) is 0. The fourth-order valence-corrected chi connectivity index (χ4v) is 2.35. The fraction of sp³-hybridized carbons (Fsp3) is 0.625. The largest absolute Gasteiger partial charge is 0.494 e. The van der Waals surface area contributed by atoms with Gasteiger partial charge in [-0.15, -0.1) is 0 Å². The van der Waals surface area contributed by atoms with Crippen LogP contribution in [0.4, 0.5) is 0 Å². The van der Waals surface area contributed by atoms with Gasteiger partial charge in [-0.2, -0.15) is 0 Å². The van der Waals surface area contributed by atoms with E-state index in [4.69, 9.17) is 9.47 Å². The number of ether oxygens (including phenoxy) is 2. The van der Waals surface area contributed by atoms with Crippen molar-refractivity contribution in [3.63, 3.8) is 0 Å². The minimum Gasteiger partial charge on any atom is -0.494 e. The van der Waals surface area contributed by atoms with Gasteiger partial charge < -0.3 is 14.8 Å². The number of hydrogen-bond donors (Lipinski definition) is 1. The molecule has 1 saturated heterocycles. The maximum absolute atomic E-state index is 5.66. The highest BCUT2D eigenvalue weighted by molar-refractivity contribution is 5.28. The quantitative estimate of drug-likeness (QED) is 0.855. The molecular weight excluding hydrogens is 238 g/mol.